The zero-order chi connectivity index (χ0) is 11.0. The number of aryl methyl sites for hydroxylation is 3. The molecule has 2 nitrogen and oxygen atoms in total. The largest absolute Gasteiger partial charge is 0.441 e. The predicted molar refractivity (Wildman–Crippen MR) is 62.5 cm³/mol. The molecule has 1 aromatic carbocycles. The van der Waals surface area contributed by atoms with Crippen LogP contribution in [-0.2, 0) is 6.42 Å². The molecule has 0 aliphatic carbocycles. The van der Waals surface area contributed by atoms with E-state index in [-0.39, 0.29) is 0 Å². The van der Waals surface area contributed by atoms with Crippen molar-refractivity contribution in [3.05, 3.63) is 28.1 Å². The van der Waals surface area contributed by atoms with Crippen molar-refractivity contribution >= 4 is 22.7 Å². The Morgan fingerprint density at radius 3 is 2.80 bits per heavy atom. The average molecular weight is 224 g/mol. The smallest absolute Gasteiger partial charge is 0.195 e. The summed E-state index contributed by atoms with van der Waals surface area (Å²) in [4.78, 5) is 4.45. The number of hydrogen-bond donors (Lipinski definition) is 0. The van der Waals surface area contributed by atoms with E-state index in [0.29, 0.717) is 0 Å². The lowest BCUT2D eigenvalue weighted by Gasteiger charge is -2.00. The van der Waals surface area contributed by atoms with Gasteiger partial charge in [0, 0.05) is 11.4 Å². The molecule has 2 rings (SSSR count). The first-order valence-electron chi connectivity index (χ1n) is 5.18. The Kier molecular flexibility index (Phi) is 2.70. The van der Waals surface area contributed by atoms with Crippen LogP contribution in [0.2, 0.25) is 5.02 Å². The maximum absolute atomic E-state index is 6.16. The second-order valence-electron chi connectivity index (χ2n) is 3.84. The van der Waals surface area contributed by atoms with Gasteiger partial charge in [-0.1, -0.05) is 18.5 Å². The molecule has 0 atom stereocenters. The quantitative estimate of drug-likeness (QED) is 0.768. The number of rotatable bonds is 2. The van der Waals surface area contributed by atoms with Gasteiger partial charge in [-0.3, -0.25) is 0 Å². The fourth-order valence-electron chi connectivity index (χ4n) is 1.72. The van der Waals surface area contributed by atoms with Gasteiger partial charge in [0.1, 0.15) is 5.52 Å². The summed E-state index contributed by atoms with van der Waals surface area (Å²) in [5.41, 5.74) is 3.80. The van der Waals surface area contributed by atoms with Gasteiger partial charge < -0.3 is 4.42 Å². The van der Waals surface area contributed by atoms with Crippen molar-refractivity contribution in [2.24, 2.45) is 0 Å². The molecule has 2 aromatic rings. The number of fused-ring (bicyclic) bond motifs is 1. The van der Waals surface area contributed by atoms with Gasteiger partial charge >= 0.3 is 0 Å². The molecule has 0 aliphatic rings. The molecule has 0 unspecified atom stereocenters. The molecule has 0 fully saturated rings. The zero-order valence-corrected chi connectivity index (χ0v) is 9.98. The van der Waals surface area contributed by atoms with Crippen LogP contribution in [0.25, 0.3) is 11.1 Å². The minimum Gasteiger partial charge on any atom is -0.441 e. The molecule has 3 heteroatoms. The Labute approximate surface area is 94.3 Å². The summed E-state index contributed by atoms with van der Waals surface area (Å²) in [5.74, 6) is 0.803. The van der Waals surface area contributed by atoms with E-state index in [0.717, 1.165) is 46.0 Å². The van der Waals surface area contributed by atoms with Gasteiger partial charge in [-0.2, -0.15) is 0 Å². The van der Waals surface area contributed by atoms with E-state index >= 15 is 0 Å². The Morgan fingerprint density at radius 1 is 1.40 bits per heavy atom. The maximum atomic E-state index is 6.16. The molecule has 0 saturated carbocycles. The van der Waals surface area contributed by atoms with Crippen LogP contribution in [0.4, 0.5) is 0 Å². The van der Waals surface area contributed by atoms with Crippen molar-refractivity contribution in [2.75, 3.05) is 0 Å². The van der Waals surface area contributed by atoms with Crippen LogP contribution in [0.15, 0.2) is 10.5 Å². The average Bonchev–Trinajstić information content (AvgIpc) is 2.58. The Balaban J connectivity index is 2.65. The van der Waals surface area contributed by atoms with Crippen LogP contribution in [0.3, 0.4) is 0 Å². The zero-order valence-electron chi connectivity index (χ0n) is 9.22. The van der Waals surface area contributed by atoms with E-state index in [4.69, 9.17) is 16.0 Å². The molecular formula is C12H14ClNO. The molecule has 0 bridgehead atoms. The Hall–Kier alpha value is -1.02. The monoisotopic (exact) mass is 223 g/mol. The summed E-state index contributed by atoms with van der Waals surface area (Å²) in [6, 6.07) is 1.96. The highest BCUT2D eigenvalue weighted by molar-refractivity contribution is 6.33. The Morgan fingerprint density at radius 2 is 2.13 bits per heavy atom. The second-order valence-corrected chi connectivity index (χ2v) is 4.21. The van der Waals surface area contributed by atoms with Crippen LogP contribution in [0, 0.1) is 13.8 Å². The van der Waals surface area contributed by atoms with Crippen LogP contribution < -0.4 is 0 Å². The van der Waals surface area contributed by atoms with Crippen LogP contribution in [0.5, 0.6) is 0 Å². The number of oxazole rings is 1. The first-order valence-corrected chi connectivity index (χ1v) is 5.56. The van der Waals surface area contributed by atoms with E-state index < -0.39 is 0 Å². The summed E-state index contributed by atoms with van der Waals surface area (Å²) < 4.78 is 5.66. The molecule has 15 heavy (non-hydrogen) atoms. The third-order valence-electron chi connectivity index (χ3n) is 2.54. The molecule has 0 aliphatic heterocycles. The number of nitrogens with zero attached hydrogens (tertiary/aromatic N) is 1. The SMILES string of the molecule is CCCc1nc2c(C)c(Cl)c(C)cc2o1. The third-order valence-corrected chi connectivity index (χ3v) is 3.12. The second kappa shape index (κ2) is 3.86. The standard InChI is InChI=1S/C12H14ClNO/c1-4-5-10-14-12-8(3)11(13)7(2)6-9(12)15-10/h6H,4-5H2,1-3H3. The van der Waals surface area contributed by atoms with E-state index in [1.54, 1.807) is 0 Å². The van der Waals surface area contributed by atoms with Crippen LogP contribution in [0.1, 0.15) is 30.4 Å². The topological polar surface area (TPSA) is 26.0 Å². The van der Waals surface area contributed by atoms with Gasteiger partial charge in [-0.25, -0.2) is 4.98 Å². The van der Waals surface area contributed by atoms with Crippen LogP contribution >= 0.6 is 11.6 Å². The van der Waals surface area contributed by atoms with Crippen molar-refractivity contribution in [3.63, 3.8) is 0 Å². The molecular weight excluding hydrogens is 210 g/mol. The maximum Gasteiger partial charge on any atom is 0.195 e. The fourth-order valence-corrected chi connectivity index (χ4v) is 1.87. The molecule has 80 valence electrons. The van der Waals surface area contributed by atoms with Gasteiger partial charge in [0.05, 0.1) is 0 Å². The third kappa shape index (κ3) is 1.74. The minimum absolute atomic E-state index is 0.791. The number of hydrogen-bond acceptors (Lipinski definition) is 2. The molecule has 1 aromatic heterocycles. The summed E-state index contributed by atoms with van der Waals surface area (Å²) in [6.45, 7) is 6.08. The van der Waals surface area contributed by atoms with Crippen molar-refractivity contribution < 1.29 is 4.42 Å². The highest BCUT2D eigenvalue weighted by Crippen LogP contribution is 2.29. The molecule has 0 N–H and O–H groups in total. The first kappa shape index (κ1) is 10.5. The van der Waals surface area contributed by atoms with Crippen molar-refractivity contribution in [3.8, 4) is 0 Å². The van der Waals surface area contributed by atoms with E-state index in [1.165, 1.54) is 0 Å². The summed E-state index contributed by atoms with van der Waals surface area (Å²) in [5, 5.41) is 0.791. The van der Waals surface area contributed by atoms with Gasteiger partial charge in [0.2, 0.25) is 0 Å². The fraction of sp³-hybridized carbons (Fsp3) is 0.417. The molecule has 1 heterocycles. The highest BCUT2D eigenvalue weighted by atomic mass is 35.5. The number of halogens is 1. The lowest BCUT2D eigenvalue weighted by Crippen LogP contribution is -1.84. The normalized spacial score (nSPS) is 11.2. The molecule has 0 spiro atoms. The molecule has 0 radical (unpaired) electrons. The van der Waals surface area contributed by atoms with Crippen molar-refractivity contribution in [1.29, 1.82) is 0 Å². The van der Waals surface area contributed by atoms with Crippen molar-refractivity contribution in [1.82, 2.24) is 4.98 Å². The van der Waals surface area contributed by atoms with E-state index in [9.17, 15) is 0 Å². The lowest BCUT2D eigenvalue weighted by atomic mass is 10.1. The number of aromatic nitrogens is 1. The summed E-state index contributed by atoms with van der Waals surface area (Å²) in [6.07, 6.45) is 1.92. The predicted octanol–water partition coefficient (Wildman–Crippen LogP) is 4.05. The van der Waals surface area contributed by atoms with Gasteiger partial charge in [0.15, 0.2) is 11.5 Å². The van der Waals surface area contributed by atoms with Gasteiger partial charge in [0.25, 0.3) is 0 Å². The Bertz CT molecular complexity index is 502. The van der Waals surface area contributed by atoms with Crippen LogP contribution in [-0.4, -0.2) is 4.98 Å². The first-order chi connectivity index (χ1) is 7.13. The minimum atomic E-state index is 0.791. The van der Waals surface area contributed by atoms with E-state index in [2.05, 4.69) is 11.9 Å². The summed E-state index contributed by atoms with van der Waals surface area (Å²) >= 11 is 6.16. The van der Waals surface area contributed by atoms with Gasteiger partial charge in [-0.15, -0.1) is 0 Å². The summed E-state index contributed by atoms with van der Waals surface area (Å²) in [7, 11) is 0. The van der Waals surface area contributed by atoms with E-state index in [1.807, 2.05) is 19.9 Å². The van der Waals surface area contributed by atoms with Gasteiger partial charge in [-0.05, 0) is 37.5 Å². The molecule has 0 saturated heterocycles. The number of benzene rings is 1. The van der Waals surface area contributed by atoms with Crippen molar-refractivity contribution in [2.45, 2.75) is 33.6 Å². The highest BCUT2D eigenvalue weighted by Gasteiger charge is 2.11. The lowest BCUT2D eigenvalue weighted by molar-refractivity contribution is 0.525. The molecule has 0 amide bonds.